The highest BCUT2D eigenvalue weighted by molar-refractivity contribution is 6.31. The summed E-state index contributed by atoms with van der Waals surface area (Å²) in [5.74, 6) is 0.0431. The molecule has 1 amide bonds. The summed E-state index contributed by atoms with van der Waals surface area (Å²) in [6, 6.07) is 15.9. The largest absolute Gasteiger partial charge is 0.352 e. The van der Waals surface area contributed by atoms with Crippen LogP contribution in [0.3, 0.4) is 0 Å². The minimum atomic E-state index is 0.0431. The monoisotopic (exact) mass is 330 g/mol. The summed E-state index contributed by atoms with van der Waals surface area (Å²) in [7, 11) is 2.04. The van der Waals surface area contributed by atoms with Crippen molar-refractivity contribution in [3.05, 3.63) is 70.2 Å². The molecule has 2 aromatic carbocycles. The fourth-order valence-electron chi connectivity index (χ4n) is 2.37. The van der Waals surface area contributed by atoms with Crippen LogP contribution in [0, 0.1) is 6.92 Å². The number of carbonyl (C=O) groups is 1. The number of aryl methyl sites for hydroxylation is 1. The first-order valence-corrected chi connectivity index (χ1v) is 8.17. The Balaban J connectivity index is 1.74. The topological polar surface area (TPSA) is 32.3 Å². The fraction of sp³-hybridized carbons (Fsp3) is 0.316. The zero-order valence-corrected chi connectivity index (χ0v) is 14.4. The van der Waals surface area contributed by atoms with Crippen molar-refractivity contribution in [3.8, 4) is 0 Å². The predicted molar refractivity (Wildman–Crippen MR) is 95.4 cm³/mol. The van der Waals surface area contributed by atoms with E-state index in [4.69, 9.17) is 11.6 Å². The highest BCUT2D eigenvalue weighted by Gasteiger charge is 2.07. The minimum Gasteiger partial charge on any atom is -0.352 e. The SMILES string of the molecule is Cc1ccccc1CN(C)CCC(=O)NCc1ccccc1Cl. The number of rotatable bonds is 7. The highest BCUT2D eigenvalue weighted by atomic mass is 35.5. The molecule has 0 unspecified atom stereocenters. The Bertz CT molecular complexity index is 657. The fourth-order valence-corrected chi connectivity index (χ4v) is 2.58. The minimum absolute atomic E-state index is 0.0431. The van der Waals surface area contributed by atoms with E-state index in [9.17, 15) is 4.79 Å². The van der Waals surface area contributed by atoms with Crippen molar-refractivity contribution in [2.75, 3.05) is 13.6 Å². The molecule has 4 heteroatoms. The van der Waals surface area contributed by atoms with E-state index < -0.39 is 0 Å². The van der Waals surface area contributed by atoms with Gasteiger partial charge < -0.3 is 10.2 Å². The number of halogens is 1. The van der Waals surface area contributed by atoms with Gasteiger partial charge in [0.15, 0.2) is 0 Å². The summed E-state index contributed by atoms with van der Waals surface area (Å²) in [6.45, 7) is 4.16. The molecular weight excluding hydrogens is 308 g/mol. The van der Waals surface area contributed by atoms with Crippen LogP contribution in [0.2, 0.25) is 5.02 Å². The van der Waals surface area contributed by atoms with Crippen LogP contribution in [0.1, 0.15) is 23.1 Å². The molecular formula is C19H23ClN2O. The van der Waals surface area contributed by atoms with Crippen molar-refractivity contribution in [1.29, 1.82) is 0 Å². The maximum Gasteiger partial charge on any atom is 0.221 e. The molecule has 0 atom stereocenters. The Hall–Kier alpha value is -1.84. The molecule has 0 aliphatic carbocycles. The van der Waals surface area contributed by atoms with E-state index in [-0.39, 0.29) is 5.91 Å². The number of hydrogen-bond acceptors (Lipinski definition) is 2. The van der Waals surface area contributed by atoms with Crippen molar-refractivity contribution in [3.63, 3.8) is 0 Å². The highest BCUT2D eigenvalue weighted by Crippen LogP contribution is 2.14. The molecule has 0 heterocycles. The van der Waals surface area contributed by atoms with Crippen molar-refractivity contribution in [2.45, 2.75) is 26.4 Å². The summed E-state index contributed by atoms with van der Waals surface area (Å²) in [5.41, 5.74) is 3.52. The summed E-state index contributed by atoms with van der Waals surface area (Å²) in [4.78, 5) is 14.1. The first kappa shape index (κ1) is 17.5. The van der Waals surface area contributed by atoms with Crippen LogP contribution in [0.25, 0.3) is 0 Å². The Morgan fingerprint density at radius 1 is 1.09 bits per heavy atom. The molecule has 122 valence electrons. The van der Waals surface area contributed by atoms with E-state index in [1.807, 2.05) is 43.4 Å². The molecule has 0 saturated carbocycles. The van der Waals surface area contributed by atoms with Crippen LogP contribution in [-0.2, 0) is 17.9 Å². The van der Waals surface area contributed by atoms with Crippen molar-refractivity contribution < 1.29 is 4.79 Å². The first-order chi connectivity index (χ1) is 11.1. The van der Waals surface area contributed by atoms with Gasteiger partial charge in [-0.1, -0.05) is 54.1 Å². The molecule has 2 aromatic rings. The van der Waals surface area contributed by atoms with E-state index in [1.165, 1.54) is 11.1 Å². The number of hydrogen-bond donors (Lipinski definition) is 1. The van der Waals surface area contributed by atoms with E-state index >= 15 is 0 Å². The smallest absolute Gasteiger partial charge is 0.221 e. The lowest BCUT2D eigenvalue weighted by molar-refractivity contribution is -0.121. The second-order valence-corrected chi connectivity index (χ2v) is 6.19. The van der Waals surface area contributed by atoms with Gasteiger partial charge in [0, 0.05) is 31.1 Å². The van der Waals surface area contributed by atoms with Crippen LogP contribution >= 0.6 is 11.6 Å². The Labute approximate surface area is 143 Å². The van der Waals surface area contributed by atoms with Gasteiger partial charge in [-0.05, 0) is 36.7 Å². The number of benzene rings is 2. The van der Waals surface area contributed by atoms with Crippen LogP contribution in [0.15, 0.2) is 48.5 Å². The van der Waals surface area contributed by atoms with Crippen LogP contribution in [0.5, 0.6) is 0 Å². The second-order valence-electron chi connectivity index (χ2n) is 5.78. The molecule has 0 aliphatic heterocycles. The number of carbonyl (C=O) groups excluding carboxylic acids is 1. The van der Waals surface area contributed by atoms with E-state index in [0.717, 1.165) is 18.7 Å². The number of amides is 1. The summed E-state index contributed by atoms with van der Waals surface area (Å²) in [6.07, 6.45) is 0.479. The molecule has 1 N–H and O–H groups in total. The lowest BCUT2D eigenvalue weighted by Gasteiger charge is -2.17. The molecule has 0 spiro atoms. The molecule has 2 rings (SSSR count). The molecule has 0 aliphatic rings. The normalized spacial score (nSPS) is 10.8. The van der Waals surface area contributed by atoms with Crippen molar-refractivity contribution in [1.82, 2.24) is 10.2 Å². The van der Waals surface area contributed by atoms with Crippen molar-refractivity contribution >= 4 is 17.5 Å². The average Bonchev–Trinajstić information content (AvgIpc) is 2.54. The molecule has 0 saturated heterocycles. The predicted octanol–water partition coefficient (Wildman–Crippen LogP) is 3.79. The molecule has 0 radical (unpaired) electrons. The van der Waals surface area contributed by atoms with Gasteiger partial charge in [-0.25, -0.2) is 0 Å². The molecule has 0 fully saturated rings. The Kier molecular flexibility index (Phi) is 6.63. The van der Waals surface area contributed by atoms with Crippen LogP contribution in [-0.4, -0.2) is 24.4 Å². The van der Waals surface area contributed by atoms with Gasteiger partial charge in [0.1, 0.15) is 0 Å². The van der Waals surface area contributed by atoms with Crippen LogP contribution < -0.4 is 5.32 Å². The maximum absolute atomic E-state index is 12.0. The summed E-state index contributed by atoms with van der Waals surface area (Å²) >= 11 is 6.08. The molecule has 0 aromatic heterocycles. The summed E-state index contributed by atoms with van der Waals surface area (Å²) in [5, 5.41) is 3.61. The van der Waals surface area contributed by atoms with Gasteiger partial charge in [0.05, 0.1) is 0 Å². The van der Waals surface area contributed by atoms with E-state index in [0.29, 0.717) is 18.0 Å². The average molecular weight is 331 g/mol. The van der Waals surface area contributed by atoms with E-state index in [1.54, 1.807) is 0 Å². The zero-order valence-electron chi connectivity index (χ0n) is 13.7. The third kappa shape index (κ3) is 5.70. The van der Waals surface area contributed by atoms with Gasteiger partial charge >= 0.3 is 0 Å². The maximum atomic E-state index is 12.0. The van der Waals surface area contributed by atoms with Gasteiger partial charge in [0.2, 0.25) is 5.91 Å². The molecule has 23 heavy (non-hydrogen) atoms. The van der Waals surface area contributed by atoms with Gasteiger partial charge in [-0.3, -0.25) is 4.79 Å². The molecule has 0 bridgehead atoms. The second kappa shape index (κ2) is 8.70. The van der Waals surface area contributed by atoms with Gasteiger partial charge in [0.25, 0.3) is 0 Å². The van der Waals surface area contributed by atoms with Crippen LogP contribution in [0.4, 0.5) is 0 Å². The van der Waals surface area contributed by atoms with Crippen molar-refractivity contribution in [2.24, 2.45) is 0 Å². The van der Waals surface area contributed by atoms with E-state index in [2.05, 4.69) is 29.3 Å². The lowest BCUT2D eigenvalue weighted by atomic mass is 10.1. The lowest BCUT2D eigenvalue weighted by Crippen LogP contribution is -2.28. The first-order valence-electron chi connectivity index (χ1n) is 7.79. The number of nitrogens with one attached hydrogen (secondary N) is 1. The number of nitrogens with zero attached hydrogens (tertiary/aromatic N) is 1. The zero-order chi connectivity index (χ0) is 16.7. The Morgan fingerprint density at radius 3 is 2.43 bits per heavy atom. The third-order valence-corrected chi connectivity index (χ3v) is 4.22. The third-order valence-electron chi connectivity index (χ3n) is 3.86. The van der Waals surface area contributed by atoms with Gasteiger partial charge in [-0.2, -0.15) is 0 Å². The van der Waals surface area contributed by atoms with Gasteiger partial charge in [-0.15, -0.1) is 0 Å². The quantitative estimate of drug-likeness (QED) is 0.837. The summed E-state index contributed by atoms with van der Waals surface area (Å²) < 4.78 is 0. The Morgan fingerprint density at radius 2 is 1.74 bits per heavy atom. The molecule has 3 nitrogen and oxygen atoms in total. The standard InChI is InChI=1S/C19H23ClN2O/c1-15-7-3-4-9-17(15)14-22(2)12-11-19(23)21-13-16-8-5-6-10-18(16)20/h3-10H,11-14H2,1-2H3,(H,21,23).